The largest absolute Gasteiger partial charge is 0.352 e. The van der Waals surface area contributed by atoms with Crippen LogP contribution in [0.3, 0.4) is 0 Å². The monoisotopic (exact) mass is 246 g/mol. The number of nitrogens with one attached hydrogen (secondary N) is 1. The van der Waals surface area contributed by atoms with E-state index in [1.165, 1.54) is 0 Å². The molecule has 0 fully saturated rings. The topological polar surface area (TPSA) is 59.8 Å². The summed E-state index contributed by atoms with van der Waals surface area (Å²) in [5.74, 6) is -0.0520. The second-order valence-electron chi connectivity index (χ2n) is 4.27. The number of rotatable bonds is 5. The van der Waals surface area contributed by atoms with Gasteiger partial charge in [0.2, 0.25) is 0 Å². The third kappa shape index (κ3) is 2.50. The SMILES string of the molecule is CCCNC(=O)c1ccc2c(c1)nnn2CCC. The minimum Gasteiger partial charge on any atom is -0.352 e. The van der Waals surface area contributed by atoms with Crippen molar-refractivity contribution in [3.05, 3.63) is 23.8 Å². The first-order valence-corrected chi connectivity index (χ1v) is 6.37. The molecule has 2 rings (SSSR count). The quantitative estimate of drug-likeness (QED) is 0.877. The lowest BCUT2D eigenvalue weighted by molar-refractivity contribution is 0.0954. The average Bonchev–Trinajstić information content (AvgIpc) is 2.79. The minimum atomic E-state index is -0.0520. The van der Waals surface area contributed by atoms with Crippen LogP contribution in [-0.2, 0) is 6.54 Å². The van der Waals surface area contributed by atoms with Crippen LogP contribution in [0.1, 0.15) is 37.0 Å². The van der Waals surface area contributed by atoms with Crippen molar-refractivity contribution < 1.29 is 4.79 Å². The normalized spacial score (nSPS) is 10.8. The Labute approximate surface area is 106 Å². The molecule has 1 aromatic carbocycles. The van der Waals surface area contributed by atoms with Crippen LogP contribution in [0.2, 0.25) is 0 Å². The molecule has 0 aliphatic carbocycles. The standard InChI is InChI=1S/C13H18N4O/c1-3-7-14-13(18)10-5-6-12-11(9-10)15-16-17(12)8-4-2/h5-6,9H,3-4,7-8H2,1-2H3,(H,14,18). The van der Waals surface area contributed by atoms with E-state index in [1.807, 2.05) is 23.7 Å². The van der Waals surface area contributed by atoms with Crippen LogP contribution >= 0.6 is 0 Å². The van der Waals surface area contributed by atoms with Gasteiger partial charge in [0.05, 0.1) is 5.52 Å². The lowest BCUT2D eigenvalue weighted by Crippen LogP contribution is -2.23. The van der Waals surface area contributed by atoms with Gasteiger partial charge in [0.1, 0.15) is 5.52 Å². The van der Waals surface area contributed by atoms with E-state index in [4.69, 9.17) is 0 Å². The van der Waals surface area contributed by atoms with Crippen LogP contribution in [0, 0.1) is 0 Å². The molecule has 0 saturated heterocycles. The Bertz CT molecular complexity index is 547. The zero-order valence-electron chi connectivity index (χ0n) is 10.8. The van der Waals surface area contributed by atoms with E-state index < -0.39 is 0 Å². The van der Waals surface area contributed by atoms with Crippen LogP contribution in [0.15, 0.2) is 18.2 Å². The number of hydrogen-bond donors (Lipinski definition) is 1. The van der Waals surface area contributed by atoms with Crippen molar-refractivity contribution in [2.24, 2.45) is 0 Å². The summed E-state index contributed by atoms with van der Waals surface area (Å²) in [6, 6.07) is 5.52. The highest BCUT2D eigenvalue weighted by Crippen LogP contribution is 2.13. The molecule has 5 nitrogen and oxygen atoms in total. The van der Waals surface area contributed by atoms with Crippen LogP contribution in [0.4, 0.5) is 0 Å². The Morgan fingerprint density at radius 1 is 1.33 bits per heavy atom. The molecular weight excluding hydrogens is 228 g/mol. The van der Waals surface area contributed by atoms with Gasteiger partial charge in [0.15, 0.2) is 0 Å². The highest BCUT2D eigenvalue weighted by Gasteiger charge is 2.09. The summed E-state index contributed by atoms with van der Waals surface area (Å²) in [6.07, 6.45) is 1.94. The van der Waals surface area contributed by atoms with Crippen LogP contribution in [-0.4, -0.2) is 27.4 Å². The molecule has 0 aliphatic heterocycles. The summed E-state index contributed by atoms with van der Waals surface area (Å²) in [5.41, 5.74) is 2.39. The summed E-state index contributed by atoms with van der Waals surface area (Å²) >= 11 is 0. The molecule has 0 atom stereocenters. The Hall–Kier alpha value is -1.91. The van der Waals surface area contributed by atoms with Crippen molar-refractivity contribution in [3.63, 3.8) is 0 Å². The molecule has 1 amide bonds. The van der Waals surface area contributed by atoms with E-state index in [0.29, 0.717) is 12.1 Å². The number of benzene rings is 1. The zero-order chi connectivity index (χ0) is 13.0. The average molecular weight is 246 g/mol. The first-order chi connectivity index (χ1) is 8.76. The molecule has 1 N–H and O–H groups in total. The molecule has 18 heavy (non-hydrogen) atoms. The Kier molecular flexibility index (Phi) is 3.92. The first-order valence-electron chi connectivity index (χ1n) is 6.37. The second kappa shape index (κ2) is 5.62. The van der Waals surface area contributed by atoms with Gasteiger partial charge in [-0.05, 0) is 31.0 Å². The summed E-state index contributed by atoms with van der Waals surface area (Å²) in [4.78, 5) is 11.8. The van der Waals surface area contributed by atoms with E-state index >= 15 is 0 Å². The van der Waals surface area contributed by atoms with E-state index in [2.05, 4.69) is 22.6 Å². The fraction of sp³-hybridized carbons (Fsp3) is 0.462. The zero-order valence-corrected chi connectivity index (χ0v) is 10.8. The van der Waals surface area contributed by atoms with Crippen molar-refractivity contribution in [2.45, 2.75) is 33.2 Å². The smallest absolute Gasteiger partial charge is 0.251 e. The van der Waals surface area contributed by atoms with Crippen LogP contribution < -0.4 is 5.32 Å². The number of hydrogen-bond acceptors (Lipinski definition) is 3. The Morgan fingerprint density at radius 3 is 2.89 bits per heavy atom. The Balaban J connectivity index is 2.25. The Morgan fingerprint density at radius 2 is 2.17 bits per heavy atom. The highest BCUT2D eigenvalue weighted by molar-refractivity contribution is 5.97. The maximum absolute atomic E-state index is 11.8. The minimum absolute atomic E-state index is 0.0520. The molecule has 0 unspecified atom stereocenters. The number of fused-ring (bicyclic) bond motifs is 1. The lowest BCUT2D eigenvalue weighted by atomic mass is 10.2. The van der Waals surface area contributed by atoms with Gasteiger partial charge >= 0.3 is 0 Å². The van der Waals surface area contributed by atoms with Gasteiger partial charge < -0.3 is 5.32 Å². The van der Waals surface area contributed by atoms with Gasteiger partial charge in [0, 0.05) is 18.7 Å². The van der Waals surface area contributed by atoms with Crippen LogP contribution in [0.5, 0.6) is 0 Å². The van der Waals surface area contributed by atoms with E-state index in [9.17, 15) is 4.79 Å². The van der Waals surface area contributed by atoms with Crippen molar-refractivity contribution >= 4 is 16.9 Å². The van der Waals surface area contributed by atoms with Crippen molar-refractivity contribution in [1.82, 2.24) is 20.3 Å². The number of amides is 1. The third-order valence-corrected chi connectivity index (χ3v) is 2.75. The van der Waals surface area contributed by atoms with Crippen molar-refractivity contribution in [1.29, 1.82) is 0 Å². The maximum Gasteiger partial charge on any atom is 0.251 e. The molecule has 5 heteroatoms. The van der Waals surface area contributed by atoms with Gasteiger partial charge in [0.25, 0.3) is 5.91 Å². The molecule has 1 heterocycles. The summed E-state index contributed by atoms with van der Waals surface area (Å²) in [7, 11) is 0. The van der Waals surface area contributed by atoms with E-state index in [-0.39, 0.29) is 5.91 Å². The van der Waals surface area contributed by atoms with Gasteiger partial charge in [-0.3, -0.25) is 4.79 Å². The summed E-state index contributed by atoms with van der Waals surface area (Å²) in [6.45, 7) is 5.66. The third-order valence-electron chi connectivity index (χ3n) is 2.75. The second-order valence-corrected chi connectivity index (χ2v) is 4.27. The van der Waals surface area contributed by atoms with E-state index in [0.717, 1.165) is 30.4 Å². The van der Waals surface area contributed by atoms with Gasteiger partial charge in [-0.25, -0.2) is 4.68 Å². The maximum atomic E-state index is 11.8. The predicted molar refractivity (Wildman–Crippen MR) is 70.4 cm³/mol. The van der Waals surface area contributed by atoms with Crippen molar-refractivity contribution in [3.8, 4) is 0 Å². The number of aromatic nitrogens is 3. The predicted octanol–water partition coefficient (Wildman–Crippen LogP) is 1.98. The fourth-order valence-electron chi connectivity index (χ4n) is 1.83. The molecule has 0 bridgehead atoms. The summed E-state index contributed by atoms with van der Waals surface area (Å²) < 4.78 is 1.86. The van der Waals surface area contributed by atoms with Crippen LogP contribution in [0.25, 0.3) is 11.0 Å². The fourth-order valence-corrected chi connectivity index (χ4v) is 1.83. The molecule has 96 valence electrons. The number of nitrogens with zero attached hydrogens (tertiary/aromatic N) is 3. The lowest BCUT2D eigenvalue weighted by Gasteiger charge is -2.03. The van der Waals surface area contributed by atoms with Gasteiger partial charge in [-0.2, -0.15) is 0 Å². The van der Waals surface area contributed by atoms with Crippen molar-refractivity contribution in [2.75, 3.05) is 6.54 Å². The molecule has 0 spiro atoms. The molecule has 0 aliphatic rings. The first kappa shape index (κ1) is 12.5. The summed E-state index contributed by atoms with van der Waals surface area (Å²) in [5, 5.41) is 11.0. The molecular formula is C13H18N4O. The van der Waals surface area contributed by atoms with E-state index in [1.54, 1.807) is 6.07 Å². The van der Waals surface area contributed by atoms with Gasteiger partial charge in [-0.15, -0.1) is 5.10 Å². The molecule has 1 aromatic heterocycles. The molecule has 0 radical (unpaired) electrons. The number of carbonyl (C=O) groups excluding carboxylic acids is 1. The molecule has 2 aromatic rings. The number of aryl methyl sites for hydroxylation is 1. The molecule has 0 saturated carbocycles. The van der Waals surface area contributed by atoms with Gasteiger partial charge in [-0.1, -0.05) is 19.1 Å². The highest BCUT2D eigenvalue weighted by atomic mass is 16.1. The number of carbonyl (C=O) groups is 1.